The Morgan fingerprint density at radius 1 is 1.14 bits per heavy atom. The lowest BCUT2D eigenvalue weighted by molar-refractivity contribution is -0.121. The number of halogens is 1. The van der Waals surface area contributed by atoms with Gasteiger partial charge in [-0.3, -0.25) is 4.79 Å². The normalized spacial score (nSPS) is 10.5. The van der Waals surface area contributed by atoms with Crippen molar-refractivity contribution >= 4 is 29.3 Å². The first kappa shape index (κ1) is 16.9. The number of nitrogens with one attached hydrogen (secondary N) is 1. The molecule has 0 fully saturated rings. The van der Waals surface area contributed by atoms with Crippen molar-refractivity contribution in [2.75, 3.05) is 5.75 Å². The molecule has 4 heteroatoms. The van der Waals surface area contributed by atoms with Gasteiger partial charge in [-0.15, -0.1) is 11.8 Å². The number of hydrogen-bond acceptors (Lipinski definition) is 2. The van der Waals surface area contributed by atoms with E-state index in [0.717, 1.165) is 17.2 Å². The maximum Gasteiger partial charge on any atom is 0.220 e. The Labute approximate surface area is 141 Å². The lowest BCUT2D eigenvalue weighted by Gasteiger charge is -2.08. The van der Waals surface area contributed by atoms with Crippen molar-refractivity contribution in [3.8, 4) is 0 Å². The number of carbonyl (C=O) groups excluding carboxylic acids is 1. The molecule has 0 atom stereocenters. The van der Waals surface area contributed by atoms with Gasteiger partial charge in [-0.1, -0.05) is 35.9 Å². The molecule has 0 aliphatic heterocycles. The summed E-state index contributed by atoms with van der Waals surface area (Å²) in [6.45, 7) is 2.67. The van der Waals surface area contributed by atoms with E-state index in [1.165, 1.54) is 16.0 Å². The van der Waals surface area contributed by atoms with Gasteiger partial charge in [-0.25, -0.2) is 0 Å². The zero-order valence-electron chi connectivity index (χ0n) is 12.6. The Bertz CT molecular complexity index is 613. The van der Waals surface area contributed by atoms with E-state index in [4.69, 9.17) is 11.6 Å². The quantitative estimate of drug-likeness (QED) is 0.580. The van der Waals surface area contributed by atoms with Crippen LogP contribution in [-0.2, 0) is 11.3 Å². The molecule has 116 valence electrons. The smallest absolute Gasteiger partial charge is 0.220 e. The van der Waals surface area contributed by atoms with Crippen molar-refractivity contribution in [1.29, 1.82) is 0 Å². The Hall–Kier alpha value is -1.45. The highest BCUT2D eigenvalue weighted by molar-refractivity contribution is 7.99. The van der Waals surface area contributed by atoms with Gasteiger partial charge in [-0.2, -0.15) is 0 Å². The van der Waals surface area contributed by atoms with Gasteiger partial charge in [-0.05, 0) is 54.5 Å². The van der Waals surface area contributed by atoms with Crippen molar-refractivity contribution in [3.05, 3.63) is 64.7 Å². The largest absolute Gasteiger partial charge is 0.352 e. The number of aryl methyl sites for hydroxylation is 1. The Morgan fingerprint density at radius 3 is 2.59 bits per heavy atom. The topological polar surface area (TPSA) is 29.1 Å². The second kappa shape index (κ2) is 8.86. The van der Waals surface area contributed by atoms with E-state index in [0.29, 0.717) is 13.0 Å². The lowest BCUT2D eigenvalue weighted by Crippen LogP contribution is -2.22. The monoisotopic (exact) mass is 333 g/mol. The second-order valence-corrected chi connectivity index (χ2v) is 6.71. The van der Waals surface area contributed by atoms with Crippen LogP contribution in [0.3, 0.4) is 0 Å². The average molecular weight is 334 g/mol. The maximum absolute atomic E-state index is 11.8. The summed E-state index contributed by atoms with van der Waals surface area (Å²) >= 11 is 7.60. The molecule has 22 heavy (non-hydrogen) atoms. The molecule has 0 heterocycles. The van der Waals surface area contributed by atoms with E-state index in [9.17, 15) is 4.79 Å². The Morgan fingerprint density at radius 2 is 1.86 bits per heavy atom. The first-order valence-electron chi connectivity index (χ1n) is 7.35. The van der Waals surface area contributed by atoms with E-state index >= 15 is 0 Å². The van der Waals surface area contributed by atoms with Gasteiger partial charge in [0.05, 0.1) is 0 Å². The second-order valence-electron chi connectivity index (χ2n) is 5.11. The van der Waals surface area contributed by atoms with E-state index in [1.54, 1.807) is 11.8 Å². The molecule has 2 aromatic rings. The highest BCUT2D eigenvalue weighted by atomic mass is 35.5. The van der Waals surface area contributed by atoms with Crippen LogP contribution < -0.4 is 5.32 Å². The maximum atomic E-state index is 11.8. The summed E-state index contributed by atoms with van der Waals surface area (Å²) in [5.74, 6) is 1.04. The van der Waals surface area contributed by atoms with E-state index in [-0.39, 0.29) is 5.91 Å². The lowest BCUT2D eigenvalue weighted by atomic mass is 10.1. The van der Waals surface area contributed by atoms with Gasteiger partial charge >= 0.3 is 0 Å². The highest BCUT2D eigenvalue weighted by Gasteiger charge is 2.03. The van der Waals surface area contributed by atoms with Crippen molar-refractivity contribution in [2.24, 2.45) is 0 Å². The predicted molar refractivity (Wildman–Crippen MR) is 94.4 cm³/mol. The molecule has 0 aliphatic carbocycles. The molecule has 1 amide bonds. The molecule has 0 unspecified atom stereocenters. The number of carbonyl (C=O) groups is 1. The average Bonchev–Trinajstić information content (AvgIpc) is 2.52. The predicted octanol–water partition coefficient (Wildman–Crippen LogP) is 4.84. The van der Waals surface area contributed by atoms with Crippen LogP contribution in [0, 0.1) is 6.92 Å². The molecule has 2 nitrogen and oxygen atoms in total. The third kappa shape index (κ3) is 5.74. The number of amides is 1. The molecule has 1 N–H and O–H groups in total. The molecular formula is C18H20ClNOS. The molecule has 0 aromatic heterocycles. The summed E-state index contributed by atoms with van der Waals surface area (Å²) in [4.78, 5) is 13.0. The van der Waals surface area contributed by atoms with Crippen LogP contribution in [0.15, 0.2) is 53.4 Å². The van der Waals surface area contributed by atoms with E-state index in [1.807, 2.05) is 42.5 Å². The number of hydrogen-bond donors (Lipinski definition) is 1. The van der Waals surface area contributed by atoms with Gasteiger partial charge in [0.1, 0.15) is 0 Å². The minimum Gasteiger partial charge on any atom is -0.352 e. The Balaban J connectivity index is 1.64. The third-order valence-corrected chi connectivity index (χ3v) is 4.72. The summed E-state index contributed by atoms with van der Waals surface area (Å²) in [6, 6.07) is 15.9. The molecule has 0 saturated heterocycles. The molecule has 0 radical (unpaired) electrons. The van der Waals surface area contributed by atoms with Gasteiger partial charge in [0.25, 0.3) is 0 Å². The minimum atomic E-state index is 0.111. The van der Waals surface area contributed by atoms with Crippen LogP contribution in [0.4, 0.5) is 0 Å². The fourth-order valence-electron chi connectivity index (χ4n) is 2.04. The van der Waals surface area contributed by atoms with Gasteiger partial charge in [0, 0.05) is 22.9 Å². The summed E-state index contributed by atoms with van der Waals surface area (Å²) in [5, 5.41) is 3.73. The third-order valence-electron chi connectivity index (χ3n) is 3.37. The van der Waals surface area contributed by atoms with E-state index in [2.05, 4.69) is 18.3 Å². The molecule has 0 spiro atoms. The van der Waals surface area contributed by atoms with Crippen molar-refractivity contribution in [2.45, 2.75) is 31.2 Å². The summed E-state index contributed by atoms with van der Waals surface area (Å²) in [6.07, 6.45) is 1.43. The fraction of sp³-hybridized carbons (Fsp3) is 0.278. The molecular weight excluding hydrogens is 314 g/mol. The number of benzene rings is 2. The van der Waals surface area contributed by atoms with Gasteiger partial charge in [0.2, 0.25) is 5.91 Å². The van der Waals surface area contributed by atoms with Crippen LogP contribution in [0.25, 0.3) is 0 Å². The van der Waals surface area contributed by atoms with Crippen LogP contribution in [0.2, 0.25) is 5.02 Å². The fourth-order valence-corrected chi connectivity index (χ4v) is 3.02. The molecule has 0 saturated carbocycles. The zero-order valence-corrected chi connectivity index (χ0v) is 14.2. The first-order valence-corrected chi connectivity index (χ1v) is 8.71. The van der Waals surface area contributed by atoms with Gasteiger partial charge in [0.15, 0.2) is 0 Å². The number of thioether (sulfide) groups is 1. The van der Waals surface area contributed by atoms with Crippen molar-refractivity contribution < 1.29 is 4.79 Å². The van der Waals surface area contributed by atoms with Crippen LogP contribution >= 0.6 is 23.4 Å². The molecule has 2 aromatic carbocycles. The Kier molecular flexibility index (Phi) is 6.81. The number of rotatable bonds is 7. The summed E-state index contributed by atoms with van der Waals surface area (Å²) in [5.41, 5.74) is 2.38. The molecule has 0 aliphatic rings. The molecule has 2 rings (SSSR count). The summed E-state index contributed by atoms with van der Waals surface area (Å²) < 4.78 is 0. The highest BCUT2D eigenvalue weighted by Crippen LogP contribution is 2.21. The van der Waals surface area contributed by atoms with E-state index < -0.39 is 0 Å². The first-order chi connectivity index (χ1) is 10.6. The standard InChI is InChI=1S/C18H20ClNOS/c1-14-5-2-3-6-15(14)13-20-18(21)7-4-12-22-17-10-8-16(19)9-11-17/h2-3,5-6,8-11H,4,7,12-13H2,1H3,(H,20,21). The van der Waals surface area contributed by atoms with Crippen LogP contribution in [-0.4, -0.2) is 11.7 Å². The zero-order chi connectivity index (χ0) is 15.8. The van der Waals surface area contributed by atoms with Crippen LogP contribution in [0.1, 0.15) is 24.0 Å². The van der Waals surface area contributed by atoms with Crippen molar-refractivity contribution in [3.63, 3.8) is 0 Å². The minimum absolute atomic E-state index is 0.111. The van der Waals surface area contributed by atoms with Gasteiger partial charge < -0.3 is 5.32 Å². The van der Waals surface area contributed by atoms with Crippen LogP contribution in [0.5, 0.6) is 0 Å². The SMILES string of the molecule is Cc1ccccc1CNC(=O)CCCSc1ccc(Cl)cc1. The van der Waals surface area contributed by atoms with Crippen molar-refractivity contribution in [1.82, 2.24) is 5.32 Å². The summed E-state index contributed by atoms with van der Waals surface area (Å²) in [7, 11) is 0. The molecule has 0 bridgehead atoms.